The Labute approximate surface area is 141 Å². The molecule has 21 heavy (non-hydrogen) atoms. The normalized spacial score (nSPS) is 25.0. The van der Waals surface area contributed by atoms with E-state index in [-0.39, 0.29) is 24.2 Å². The van der Waals surface area contributed by atoms with Gasteiger partial charge in [0.1, 0.15) is 12.3 Å². The summed E-state index contributed by atoms with van der Waals surface area (Å²) in [7, 11) is 0. The Balaban J connectivity index is 2.10. The van der Waals surface area contributed by atoms with Gasteiger partial charge in [0.25, 0.3) is 5.56 Å². The van der Waals surface area contributed by atoms with E-state index in [0.717, 1.165) is 0 Å². The molecule has 1 saturated heterocycles. The maximum Gasteiger partial charge on any atom is 0.330 e. The van der Waals surface area contributed by atoms with E-state index in [1.54, 1.807) is 0 Å². The lowest BCUT2D eigenvalue weighted by atomic mass is 10.2. The topological polar surface area (TPSA) is 113 Å². The molecule has 2 rings (SSSR count). The Hall–Kier alpha value is -0.720. The van der Waals surface area contributed by atoms with Crippen molar-refractivity contribution < 1.29 is 14.6 Å². The highest BCUT2D eigenvalue weighted by atomic mass is 127. The van der Waals surface area contributed by atoms with Gasteiger partial charge in [0.15, 0.2) is 0 Å². The Morgan fingerprint density at radius 1 is 1.62 bits per heavy atom. The van der Waals surface area contributed by atoms with Gasteiger partial charge in [0.05, 0.1) is 15.0 Å². The van der Waals surface area contributed by atoms with Crippen molar-refractivity contribution in [1.82, 2.24) is 14.9 Å². The molecule has 1 aromatic rings. The first-order chi connectivity index (χ1) is 9.92. The predicted molar refractivity (Wildman–Crippen MR) is 85.4 cm³/mol. The van der Waals surface area contributed by atoms with Gasteiger partial charge in [-0.05, 0) is 22.6 Å². The molecular formula is C11H13BrIN3O5. The fraction of sp³-hybridized carbons (Fsp3) is 0.545. The van der Waals surface area contributed by atoms with Crippen LogP contribution in [0.5, 0.6) is 0 Å². The number of carbonyl (C=O) groups is 1. The first-order valence-electron chi connectivity index (χ1n) is 6.09. The van der Waals surface area contributed by atoms with Crippen molar-refractivity contribution in [1.29, 1.82) is 0 Å². The summed E-state index contributed by atoms with van der Waals surface area (Å²) in [6.45, 7) is 0.150. The second-order valence-corrected chi connectivity index (χ2v) is 6.24. The summed E-state index contributed by atoms with van der Waals surface area (Å²) >= 11 is 4.83. The van der Waals surface area contributed by atoms with E-state index in [0.29, 0.717) is 3.57 Å². The summed E-state index contributed by atoms with van der Waals surface area (Å²) in [5.41, 5.74) is -1.06. The van der Waals surface area contributed by atoms with Crippen molar-refractivity contribution >= 4 is 44.4 Å². The van der Waals surface area contributed by atoms with Crippen LogP contribution in [0, 0.1) is 3.57 Å². The zero-order valence-corrected chi connectivity index (χ0v) is 14.5. The molecule has 2 heterocycles. The maximum atomic E-state index is 11.8. The van der Waals surface area contributed by atoms with E-state index in [4.69, 9.17) is 4.74 Å². The molecule has 0 bridgehead atoms. The van der Waals surface area contributed by atoms with E-state index >= 15 is 0 Å². The molecule has 0 aromatic carbocycles. The number of alkyl halides is 1. The molecular weight excluding hydrogens is 461 g/mol. The van der Waals surface area contributed by atoms with Gasteiger partial charge >= 0.3 is 5.69 Å². The fourth-order valence-corrected chi connectivity index (χ4v) is 2.64. The van der Waals surface area contributed by atoms with E-state index in [2.05, 4.69) is 26.2 Å². The maximum absolute atomic E-state index is 11.8. The van der Waals surface area contributed by atoms with E-state index in [1.807, 2.05) is 22.6 Å². The van der Waals surface area contributed by atoms with Gasteiger partial charge in [-0.2, -0.15) is 0 Å². The molecule has 3 unspecified atom stereocenters. The smallest absolute Gasteiger partial charge is 0.330 e. The highest BCUT2D eigenvalue weighted by Gasteiger charge is 2.35. The van der Waals surface area contributed by atoms with Crippen molar-refractivity contribution in [2.45, 2.75) is 24.9 Å². The standard InChI is InChI=1S/C11H13BrIN3O5/c12-2-8(18)14-3-7-6(17)1-9(21-7)16-4-5(13)10(19)15-11(16)20/h4,6-7,9,17H,1-3H2,(H,14,18)(H,15,19,20). The van der Waals surface area contributed by atoms with Crippen molar-refractivity contribution in [3.8, 4) is 0 Å². The van der Waals surface area contributed by atoms with Crippen molar-refractivity contribution in [3.63, 3.8) is 0 Å². The Kier molecular flexibility index (Phi) is 5.57. The molecule has 1 aliphatic rings. The minimum Gasteiger partial charge on any atom is -0.390 e. The van der Waals surface area contributed by atoms with Gasteiger partial charge in [-0.1, -0.05) is 15.9 Å². The van der Waals surface area contributed by atoms with E-state index in [9.17, 15) is 19.5 Å². The first-order valence-corrected chi connectivity index (χ1v) is 8.29. The lowest BCUT2D eigenvalue weighted by Crippen LogP contribution is -2.37. The van der Waals surface area contributed by atoms with Crippen LogP contribution in [0.25, 0.3) is 0 Å². The van der Waals surface area contributed by atoms with Crippen LogP contribution in [0.4, 0.5) is 0 Å². The number of rotatable bonds is 4. The van der Waals surface area contributed by atoms with Crippen molar-refractivity contribution in [2.75, 3.05) is 11.9 Å². The molecule has 8 nitrogen and oxygen atoms in total. The van der Waals surface area contributed by atoms with Gasteiger partial charge in [-0.3, -0.25) is 19.1 Å². The molecule has 1 amide bonds. The molecule has 0 saturated carbocycles. The average molecular weight is 474 g/mol. The first kappa shape index (κ1) is 16.6. The number of hydrogen-bond acceptors (Lipinski definition) is 5. The number of nitrogens with zero attached hydrogens (tertiary/aromatic N) is 1. The summed E-state index contributed by atoms with van der Waals surface area (Å²) in [4.78, 5) is 36.5. The number of ether oxygens (including phenoxy) is 1. The second kappa shape index (κ2) is 7.03. The number of carbonyl (C=O) groups excluding carboxylic acids is 1. The number of aliphatic hydroxyl groups excluding tert-OH is 1. The van der Waals surface area contributed by atoms with Crippen LogP contribution in [-0.4, -0.2) is 44.6 Å². The lowest BCUT2D eigenvalue weighted by molar-refractivity contribution is -0.119. The second-order valence-electron chi connectivity index (χ2n) is 4.51. The number of amides is 1. The average Bonchev–Trinajstić information content (AvgIpc) is 2.81. The quantitative estimate of drug-likeness (QED) is 0.395. The van der Waals surface area contributed by atoms with Gasteiger partial charge in [0, 0.05) is 19.2 Å². The van der Waals surface area contributed by atoms with Crippen LogP contribution in [0.3, 0.4) is 0 Å². The van der Waals surface area contributed by atoms with Crippen LogP contribution < -0.4 is 16.6 Å². The summed E-state index contributed by atoms with van der Waals surface area (Å²) in [6.07, 6.45) is -0.490. The monoisotopic (exact) mass is 473 g/mol. The summed E-state index contributed by atoms with van der Waals surface area (Å²) in [5.74, 6) is -0.218. The molecule has 116 valence electrons. The van der Waals surface area contributed by atoms with Crippen molar-refractivity contribution in [2.24, 2.45) is 0 Å². The molecule has 1 aromatic heterocycles. The number of aromatic amines is 1. The predicted octanol–water partition coefficient (Wildman–Crippen LogP) is -0.699. The van der Waals surface area contributed by atoms with Crippen LogP contribution in [0.15, 0.2) is 15.8 Å². The van der Waals surface area contributed by atoms with Crippen LogP contribution in [0.2, 0.25) is 0 Å². The SMILES string of the molecule is O=C(CBr)NCC1OC(n2cc(I)c(=O)[nH]c2=O)CC1O. The number of aliphatic hydroxyl groups is 1. The number of nitrogens with one attached hydrogen (secondary N) is 2. The minimum absolute atomic E-state index is 0.150. The number of hydrogen-bond donors (Lipinski definition) is 3. The summed E-state index contributed by atoms with van der Waals surface area (Å²) in [6, 6.07) is 0. The number of halogens is 2. The van der Waals surface area contributed by atoms with Gasteiger partial charge in [-0.25, -0.2) is 4.79 Å². The molecule has 0 radical (unpaired) electrons. The molecule has 0 aliphatic carbocycles. The Morgan fingerprint density at radius 3 is 3.00 bits per heavy atom. The van der Waals surface area contributed by atoms with Crippen LogP contribution in [0.1, 0.15) is 12.6 Å². The third-order valence-corrected chi connectivity index (χ3v) is 4.34. The third-order valence-electron chi connectivity index (χ3n) is 3.06. The fourth-order valence-electron chi connectivity index (χ4n) is 2.01. The van der Waals surface area contributed by atoms with Crippen molar-refractivity contribution in [3.05, 3.63) is 30.6 Å². The zero-order chi connectivity index (χ0) is 15.6. The number of H-pyrrole nitrogens is 1. The molecule has 0 spiro atoms. The summed E-state index contributed by atoms with van der Waals surface area (Å²) in [5, 5.41) is 12.7. The lowest BCUT2D eigenvalue weighted by Gasteiger charge is -2.16. The van der Waals surface area contributed by atoms with E-state index in [1.165, 1.54) is 10.8 Å². The van der Waals surface area contributed by atoms with Gasteiger partial charge < -0.3 is 15.2 Å². The highest BCUT2D eigenvalue weighted by Crippen LogP contribution is 2.27. The third kappa shape index (κ3) is 3.93. The van der Waals surface area contributed by atoms with Gasteiger partial charge in [-0.15, -0.1) is 0 Å². The highest BCUT2D eigenvalue weighted by molar-refractivity contribution is 14.1. The zero-order valence-electron chi connectivity index (χ0n) is 10.7. The Bertz CT molecular complexity index is 645. The van der Waals surface area contributed by atoms with Crippen LogP contribution >= 0.6 is 38.5 Å². The molecule has 10 heteroatoms. The van der Waals surface area contributed by atoms with Gasteiger partial charge in [0.2, 0.25) is 5.91 Å². The van der Waals surface area contributed by atoms with Crippen LogP contribution in [-0.2, 0) is 9.53 Å². The molecule has 1 aliphatic heterocycles. The molecule has 3 N–H and O–H groups in total. The van der Waals surface area contributed by atoms with E-state index < -0.39 is 29.7 Å². The molecule has 3 atom stereocenters. The summed E-state index contributed by atoms with van der Waals surface area (Å²) < 4.78 is 7.17. The number of aromatic nitrogens is 2. The molecule has 1 fully saturated rings. The largest absolute Gasteiger partial charge is 0.390 e. The minimum atomic E-state index is -0.804. The Morgan fingerprint density at radius 2 is 2.33 bits per heavy atom.